The van der Waals surface area contributed by atoms with E-state index in [1.165, 1.54) is 34.8 Å². The van der Waals surface area contributed by atoms with Crippen molar-refractivity contribution in [3.05, 3.63) is 64.4 Å². The summed E-state index contributed by atoms with van der Waals surface area (Å²) < 4.78 is 49.1. The quantitative estimate of drug-likeness (QED) is 0.153. The number of aromatic amines is 1. The lowest BCUT2D eigenvalue weighted by molar-refractivity contribution is -0.135. The maximum Gasteiger partial charge on any atom is 0.413 e. The minimum Gasteiger partial charge on any atom is -0.543 e. The number of hydrogen-bond acceptors (Lipinski definition) is 7. The van der Waals surface area contributed by atoms with Gasteiger partial charge in [-0.2, -0.15) is 18.4 Å². The van der Waals surface area contributed by atoms with Gasteiger partial charge in [0.25, 0.3) is 5.91 Å². The maximum atomic E-state index is 13.8. The van der Waals surface area contributed by atoms with E-state index in [0.29, 0.717) is 11.4 Å². The Labute approximate surface area is 240 Å². The molecule has 0 saturated heterocycles. The van der Waals surface area contributed by atoms with Gasteiger partial charge < -0.3 is 19.7 Å². The van der Waals surface area contributed by atoms with Crippen LogP contribution in [0.15, 0.2) is 48.5 Å². The van der Waals surface area contributed by atoms with Crippen LogP contribution in [0, 0.1) is 4.77 Å². The van der Waals surface area contributed by atoms with Gasteiger partial charge in [0.05, 0.1) is 11.8 Å². The van der Waals surface area contributed by atoms with E-state index < -0.39 is 43.7 Å². The van der Waals surface area contributed by atoms with Crippen molar-refractivity contribution in [3.8, 4) is 5.69 Å². The van der Waals surface area contributed by atoms with E-state index in [-0.39, 0.29) is 27.7 Å². The van der Waals surface area contributed by atoms with Crippen molar-refractivity contribution in [1.29, 1.82) is 0 Å². The van der Waals surface area contributed by atoms with E-state index in [0.717, 1.165) is 0 Å². The summed E-state index contributed by atoms with van der Waals surface area (Å²) in [6.45, 7) is 8.74. The van der Waals surface area contributed by atoms with Gasteiger partial charge in [-0.3, -0.25) is 9.59 Å². The van der Waals surface area contributed by atoms with Gasteiger partial charge in [-0.05, 0) is 66.7 Å². The third-order valence-corrected chi connectivity index (χ3v) is 11.2. The Morgan fingerprint density at radius 2 is 1.88 bits per heavy atom. The Hall–Kier alpha value is -3.98. The molecule has 10 nitrogen and oxygen atoms in total. The van der Waals surface area contributed by atoms with Gasteiger partial charge >= 0.3 is 12.1 Å². The van der Waals surface area contributed by atoms with E-state index in [4.69, 9.17) is 16.6 Å². The molecule has 220 valence electrons. The molecule has 3 rings (SSSR count). The number of aliphatic carboxylic acids is 1. The molecule has 0 unspecified atom stereocenters. The lowest BCUT2D eigenvalue weighted by Gasteiger charge is -2.38. The Balaban J connectivity index is 2.10. The lowest BCUT2D eigenvalue weighted by atomic mass is 10.0. The number of allylic oxidation sites excluding steroid dienone is 1. The number of nitrogens with one attached hydrogen (secondary N) is 2. The van der Waals surface area contributed by atoms with Gasteiger partial charge in [0.2, 0.25) is 13.1 Å². The molecule has 0 bridgehead atoms. The summed E-state index contributed by atoms with van der Waals surface area (Å²) >= 11 is 5.11. The van der Waals surface area contributed by atoms with Crippen LogP contribution < -0.4 is 10.2 Å². The first-order chi connectivity index (χ1) is 18.9. The number of aromatic nitrogens is 4. The summed E-state index contributed by atoms with van der Waals surface area (Å²) in [5.41, 5.74) is 1.04. The molecule has 0 fully saturated rings. The van der Waals surface area contributed by atoms with E-state index in [2.05, 4.69) is 20.8 Å². The van der Waals surface area contributed by atoms with E-state index >= 15 is 0 Å². The lowest BCUT2D eigenvalue weighted by Crippen LogP contribution is -2.40. The first kappa shape index (κ1) is 31.5. The van der Waals surface area contributed by atoms with Gasteiger partial charge in [-0.15, -0.1) is 0 Å². The normalized spacial score (nSPS) is 12.7. The van der Waals surface area contributed by atoms with Gasteiger partial charge in [-0.1, -0.05) is 37.1 Å². The number of rotatable bonds is 9. The van der Waals surface area contributed by atoms with Crippen molar-refractivity contribution in [2.24, 2.45) is 0 Å². The predicted molar refractivity (Wildman–Crippen MR) is 154 cm³/mol. The Morgan fingerprint density at radius 1 is 1.20 bits per heavy atom. The van der Waals surface area contributed by atoms with Gasteiger partial charge in [0.1, 0.15) is 12.3 Å². The highest BCUT2D eigenvalue weighted by atomic mass is 32.1. The zero-order valence-electron chi connectivity index (χ0n) is 23.3. The molecule has 3 N–H and O–H groups in total. The summed E-state index contributed by atoms with van der Waals surface area (Å²) in [5, 5.41) is 21.6. The zero-order valence-corrected chi connectivity index (χ0v) is 25.1. The fourth-order valence-electron chi connectivity index (χ4n) is 3.53. The number of benzene rings is 2. The number of amides is 1. The highest BCUT2D eigenvalue weighted by Gasteiger charge is 2.41. The monoisotopic (exact) mass is 608 g/mol. The van der Waals surface area contributed by atoms with Crippen LogP contribution in [0.4, 0.5) is 24.5 Å². The van der Waals surface area contributed by atoms with E-state index in [9.17, 15) is 27.9 Å². The maximum absolute atomic E-state index is 13.8. The summed E-state index contributed by atoms with van der Waals surface area (Å²) in [6.07, 6.45) is -4.70. The van der Waals surface area contributed by atoms with Crippen LogP contribution in [0.2, 0.25) is 18.1 Å². The van der Waals surface area contributed by atoms with Crippen molar-refractivity contribution in [2.75, 3.05) is 23.8 Å². The number of carboxylic acid groups (broad SMARTS) is 1. The predicted octanol–water partition coefficient (Wildman–Crippen LogP) is 6.02. The second kappa shape index (κ2) is 11.9. The average Bonchev–Trinajstić information content (AvgIpc) is 3.27. The minimum atomic E-state index is -4.75. The summed E-state index contributed by atoms with van der Waals surface area (Å²) in [6, 6.07) is 10.7. The number of H-pyrrole nitrogens is 1. The van der Waals surface area contributed by atoms with E-state index in [1.807, 2.05) is 20.8 Å². The van der Waals surface area contributed by atoms with Gasteiger partial charge in [0, 0.05) is 29.5 Å². The molecule has 0 aliphatic heterocycles. The molecular weight excluding hydrogens is 577 g/mol. The largest absolute Gasteiger partial charge is 0.543 e. The van der Waals surface area contributed by atoms with Crippen LogP contribution in [0.25, 0.3) is 11.4 Å². The smallest absolute Gasteiger partial charge is 0.413 e. The molecule has 1 heterocycles. The van der Waals surface area contributed by atoms with Crippen LogP contribution in [-0.2, 0) is 9.22 Å². The molecule has 0 aliphatic rings. The van der Waals surface area contributed by atoms with Crippen LogP contribution in [0.1, 0.15) is 36.7 Å². The first-order valence-corrected chi connectivity index (χ1v) is 15.7. The second-order valence-corrected chi connectivity index (χ2v) is 15.9. The number of carbonyl (C=O) groups is 2. The molecular formula is C26H31F3N6O4SSi. The van der Waals surface area contributed by atoms with Crippen LogP contribution in [-0.4, -0.2) is 65.3 Å². The Bertz CT molecular complexity index is 1530. The third kappa shape index (κ3) is 8.04. The standard InChI is InChI=1S/C26H31F3N6O4SSi/c1-25(2,3)41(5,6)39-21(14-26(27,28)29)19-12-16(10-11-20(19)34(4)15-22(36)37)23(38)30-17-8-7-9-18(13-17)35-24(40)31-32-33-35/h7-14H,15H2,1-6H3,(H,30,38)(H,36,37)(H,31,33,40)/b21-14-. The molecule has 0 spiro atoms. The molecule has 15 heteroatoms. The van der Waals surface area contributed by atoms with Crippen LogP contribution in [0.3, 0.4) is 0 Å². The summed E-state index contributed by atoms with van der Waals surface area (Å²) in [5.74, 6) is -2.28. The number of halogens is 3. The number of tetrazole rings is 1. The SMILES string of the molecule is CN(CC(=O)O)c1ccc(C(=O)Nc2cccc(-n3[nH]nnc3=S)c2)cc1/C(=C/C(F)(F)F)O[Si](C)(C)C(C)(C)C. The molecule has 1 aromatic heterocycles. The number of likely N-dealkylation sites (N-methyl/N-ethyl adjacent to an activating group) is 1. The van der Waals surface area contributed by atoms with Crippen LogP contribution in [0.5, 0.6) is 0 Å². The van der Waals surface area contributed by atoms with Crippen LogP contribution >= 0.6 is 12.2 Å². The zero-order chi connectivity index (χ0) is 30.8. The molecule has 3 aromatic rings. The number of anilines is 2. The Morgan fingerprint density at radius 3 is 2.44 bits per heavy atom. The van der Waals surface area contributed by atoms with Gasteiger partial charge in [0.15, 0.2) is 0 Å². The fourth-order valence-corrected chi connectivity index (χ4v) is 4.74. The highest BCUT2D eigenvalue weighted by Crippen LogP contribution is 2.42. The van der Waals surface area contributed by atoms with Crippen molar-refractivity contribution in [3.63, 3.8) is 0 Å². The molecule has 0 aliphatic carbocycles. The number of nitrogens with zero attached hydrogens (tertiary/aromatic N) is 4. The van der Waals surface area contributed by atoms with E-state index in [1.54, 1.807) is 37.4 Å². The Kier molecular flexibility index (Phi) is 9.13. The molecule has 1 amide bonds. The topological polar surface area (TPSA) is 125 Å². The van der Waals surface area contributed by atoms with Crippen molar-refractivity contribution < 1.29 is 32.3 Å². The van der Waals surface area contributed by atoms with Gasteiger partial charge in [-0.25, -0.2) is 4.68 Å². The minimum absolute atomic E-state index is 0.0320. The third-order valence-electron chi connectivity index (χ3n) is 6.61. The number of hydrogen-bond donors (Lipinski definition) is 3. The van der Waals surface area contributed by atoms with Crippen molar-refractivity contribution in [1.82, 2.24) is 20.2 Å². The number of carbonyl (C=O) groups excluding carboxylic acids is 1. The second-order valence-electron chi connectivity index (χ2n) is 10.8. The molecule has 0 atom stereocenters. The fraction of sp³-hybridized carbons (Fsp3) is 0.346. The average molecular weight is 609 g/mol. The van der Waals surface area contributed by atoms with Crippen molar-refractivity contribution in [2.45, 2.75) is 45.1 Å². The molecule has 0 saturated carbocycles. The number of carboxylic acids is 1. The molecule has 41 heavy (non-hydrogen) atoms. The number of alkyl halides is 3. The molecule has 2 aromatic carbocycles. The summed E-state index contributed by atoms with van der Waals surface area (Å²) in [4.78, 5) is 26.0. The molecule has 0 radical (unpaired) electrons. The summed E-state index contributed by atoms with van der Waals surface area (Å²) in [7, 11) is -1.38. The highest BCUT2D eigenvalue weighted by molar-refractivity contribution is 7.71. The first-order valence-electron chi connectivity index (χ1n) is 12.4. The van der Waals surface area contributed by atoms with Crippen molar-refractivity contribution >= 4 is 49.5 Å².